The van der Waals surface area contributed by atoms with E-state index in [1.807, 2.05) is 13.8 Å². The third-order valence-corrected chi connectivity index (χ3v) is 18.7. The van der Waals surface area contributed by atoms with Crippen LogP contribution in [-0.2, 0) is 76.3 Å². The number of aliphatic hydroxyl groups is 9. The number of nitrogens with one attached hydrogen (secondary N) is 10. The zero-order valence-electron chi connectivity index (χ0n) is 63.9. The lowest BCUT2D eigenvalue weighted by Crippen LogP contribution is -2.64. The van der Waals surface area contributed by atoms with Crippen molar-refractivity contribution in [2.75, 3.05) is 98.7 Å². The summed E-state index contributed by atoms with van der Waals surface area (Å²) in [6.45, 7) is 9.04. The number of ether oxygens (including phenoxy) is 8. The van der Waals surface area contributed by atoms with Crippen LogP contribution in [0.1, 0.15) is 195 Å². The van der Waals surface area contributed by atoms with E-state index in [-0.39, 0.29) is 81.8 Å². The molecule has 108 heavy (non-hydrogen) atoms. The molecule has 0 radical (unpaired) electrons. The van der Waals surface area contributed by atoms with E-state index in [2.05, 4.69) is 53.3 Å². The highest BCUT2D eigenvalue weighted by Gasteiger charge is 2.48. The maximum Gasteiger partial charge on any atom is 0.407 e. The molecule has 0 saturated carbocycles. The first kappa shape index (κ1) is 96.3. The molecule has 3 heterocycles. The SMILES string of the molecule is CCC(C)C(=O)NC(CCCONCCCCCCNC(=O)CCCOC1OC(CO)C(O)C(O)C1NC(C)=O)(CCCOC(=O)NCCCCCCNC(=O)CCCOC1OC(CO)C(O)C(O)C1NC(C)=O)CCCOC(=O)NCCCCCCNC(=O)CCCOC1OC(CO)C(O)C(O)C1NC(C)=O. The Morgan fingerprint density at radius 1 is 0.389 bits per heavy atom. The quantitative estimate of drug-likeness (QED) is 0.0242. The van der Waals surface area contributed by atoms with Crippen molar-refractivity contribution in [1.29, 1.82) is 0 Å². The number of rotatable bonds is 58. The molecule has 626 valence electrons. The van der Waals surface area contributed by atoms with Crippen LogP contribution in [0, 0.1) is 5.92 Å². The second-order valence-electron chi connectivity index (χ2n) is 27.8. The van der Waals surface area contributed by atoms with Crippen molar-refractivity contribution in [3.63, 3.8) is 0 Å². The third kappa shape index (κ3) is 39.4. The van der Waals surface area contributed by atoms with Crippen molar-refractivity contribution in [2.24, 2.45) is 5.92 Å². The molecule has 37 nitrogen and oxygen atoms in total. The fourth-order valence-corrected chi connectivity index (χ4v) is 12.4. The lowest BCUT2D eigenvalue weighted by molar-refractivity contribution is -0.270. The molecule has 9 amide bonds. The Morgan fingerprint density at radius 3 is 1.00 bits per heavy atom. The Hall–Kier alpha value is -5.85. The van der Waals surface area contributed by atoms with E-state index in [9.17, 15) is 89.1 Å². The molecule has 0 spiro atoms. The molecule has 3 saturated heterocycles. The van der Waals surface area contributed by atoms with E-state index in [0.717, 1.165) is 51.4 Å². The smallest absolute Gasteiger partial charge is 0.407 e. The topological polar surface area (TPSA) is 539 Å². The fraction of sp³-hybridized carbons (Fsp3) is 0.873. The highest BCUT2D eigenvalue weighted by molar-refractivity contribution is 5.79. The van der Waals surface area contributed by atoms with Gasteiger partial charge in [0, 0.05) is 90.8 Å². The predicted molar refractivity (Wildman–Crippen MR) is 387 cm³/mol. The number of hydroxylamine groups is 1. The van der Waals surface area contributed by atoms with Crippen molar-refractivity contribution in [2.45, 2.75) is 293 Å². The molecule has 0 aromatic heterocycles. The maximum absolute atomic E-state index is 13.7. The minimum absolute atomic E-state index is 0.0479. The molecule has 3 fully saturated rings. The molecular weight excluding hydrogens is 1420 g/mol. The highest BCUT2D eigenvalue weighted by Crippen LogP contribution is 2.29. The van der Waals surface area contributed by atoms with Gasteiger partial charge in [0.1, 0.15) is 73.1 Å². The Kier molecular flexibility index (Phi) is 50.3. The van der Waals surface area contributed by atoms with Gasteiger partial charge in [0.25, 0.3) is 0 Å². The van der Waals surface area contributed by atoms with Crippen LogP contribution >= 0.6 is 0 Å². The van der Waals surface area contributed by atoms with Crippen LogP contribution in [0.3, 0.4) is 0 Å². The lowest BCUT2D eigenvalue weighted by Gasteiger charge is -2.42. The van der Waals surface area contributed by atoms with E-state index in [4.69, 9.17) is 42.7 Å². The third-order valence-electron chi connectivity index (χ3n) is 18.7. The van der Waals surface area contributed by atoms with Gasteiger partial charge in [-0.3, -0.25) is 33.6 Å². The first-order valence-electron chi connectivity index (χ1n) is 38.6. The van der Waals surface area contributed by atoms with Gasteiger partial charge in [0.05, 0.1) is 59.5 Å². The summed E-state index contributed by atoms with van der Waals surface area (Å²) in [6.07, 6.45) is -2.76. The Labute approximate surface area is 633 Å². The maximum atomic E-state index is 13.7. The van der Waals surface area contributed by atoms with E-state index in [1.165, 1.54) is 20.8 Å². The Morgan fingerprint density at radius 2 is 0.694 bits per heavy atom. The molecule has 37 heteroatoms. The number of hydrogen-bond donors (Lipinski definition) is 19. The molecule has 3 aliphatic rings. The number of amides is 9. The normalized spacial score (nSPS) is 24.9. The molecule has 0 aromatic carbocycles. The first-order chi connectivity index (χ1) is 51.8. The monoisotopic (exact) mass is 1550 g/mol. The first-order valence-corrected chi connectivity index (χ1v) is 38.6. The van der Waals surface area contributed by atoms with Gasteiger partial charge in [0.2, 0.25) is 41.4 Å². The minimum Gasteiger partial charge on any atom is -0.450 e. The molecule has 3 rings (SSSR count). The van der Waals surface area contributed by atoms with Crippen molar-refractivity contribution < 1.29 is 132 Å². The van der Waals surface area contributed by atoms with Crippen molar-refractivity contribution in [3.05, 3.63) is 0 Å². The summed E-state index contributed by atoms with van der Waals surface area (Å²) in [6, 6.07) is -3.22. The number of aliphatic hydroxyl groups excluding tert-OH is 9. The predicted octanol–water partition coefficient (Wildman–Crippen LogP) is -1.55. The molecule has 16 unspecified atom stereocenters. The van der Waals surface area contributed by atoms with E-state index in [1.54, 1.807) is 0 Å². The van der Waals surface area contributed by atoms with Crippen LogP contribution in [0.25, 0.3) is 0 Å². The zero-order valence-corrected chi connectivity index (χ0v) is 63.9. The Bertz CT molecular complexity index is 2450. The molecule has 3 aliphatic heterocycles. The van der Waals surface area contributed by atoms with Crippen molar-refractivity contribution >= 4 is 53.5 Å². The van der Waals surface area contributed by atoms with Gasteiger partial charge in [-0.2, -0.15) is 0 Å². The van der Waals surface area contributed by atoms with Crippen LogP contribution < -0.4 is 53.3 Å². The number of carbonyl (C=O) groups is 9. The number of carbonyl (C=O) groups excluding carboxylic acids is 9. The van der Waals surface area contributed by atoms with Gasteiger partial charge >= 0.3 is 12.2 Å². The highest BCUT2D eigenvalue weighted by atomic mass is 16.7. The average Bonchev–Trinajstić information content (AvgIpc) is 0.823. The molecule has 0 aliphatic carbocycles. The number of hydrogen-bond acceptors (Lipinski definition) is 28. The summed E-state index contributed by atoms with van der Waals surface area (Å²) < 4.78 is 44.9. The second kappa shape index (κ2) is 56.4. The van der Waals surface area contributed by atoms with E-state index < -0.39 is 147 Å². The summed E-state index contributed by atoms with van der Waals surface area (Å²) in [5.74, 6) is -2.42. The van der Waals surface area contributed by atoms with E-state index in [0.29, 0.717) is 136 Å². The van der Waals surface area contributed by atoms with Gasteiger partial charge in [-0.1, -0.05) is 52.4 Å². The summed E-state index contributed by atoms with van der Waals surface area (Å²) in [4.78, 5) is 118. The molecule has 0 aromatic rings. The van der Waals surface area contributed by atoms with Gasteiger partial charge in [-0.15, -0.1) is 0 Å². The standard InChI is InChI=1S/C71H130N10O27/c1-6-46(2)65(97)81-71(30-24-42-105-77-36-18-12-11-15-33-74-55(90)27-21-39-102-68-58(80-49(5)87)64(96)61(93)52(45-84)108-68,28-22-40-103-69(98)75-34-16-9-7-13-31-72-53(88)25-19-37-100-66-56(78-47(3)85)62(94)59(91)50(43-82)106-66)29-23-41-104-70(99)76-35-17-10-8-14-32-73-54(89)26-20-38-101-67-57(79-48(4)86)63(95)60(92)51(44-83)107-67/h46,50-52,56-64,66-68,77,82-84,91-96H,6-45H2,1-5H3,(H,72,88)(H,73,89)(H,74,90)(H,75,98)(H,76,99)(H,78,85)(H,79,86)(H,80,87)(H,81,97). The van der Waals surface area contributed by atoms with Crippen LogP contribution in [-0.4, -0.2) is 296 Å². The molecule has 0 bridgehead atoms. The fourth-order valence-electron chi connectivity index (χ4n) is 12.4. The zero-order chi connectivity index (χ0) is 79.7. The van der Waals surface area contributed by atoms with Crippen LogP contribution in [0.4, 0.5) is 9.59 Å². The molecule has 19 N–H and O–H groups in total. The van der Waals surface area contributed by atoms with Crippen LogP contribution in [0.2, 0.25) is 0 Å². The summed E-state index contributed by atoms with van der Waals surface area (Å²) in [7, 11) is 0. The van der Waals surface area contributed by atoms with Gasteiger partial charge in [-0.25, -0.2) is 15.1 Å². The van der Waals surface area contributed by atoms with Crippen LogP contribution in [0.15, 0.2) is 0 Å². The number of unbranched alkanes of at least 4 members (excludes halogenated alkanes) is 9. The van der Waals surface area contributed by atoms with Crippen LogP contribution in [0.5, 0.6) is 0 Å². The van der Waals surface area contributed by atoms with Gasteiger partial charge < -0.3 is 137 Å². The van der Waals surface area contributed by atoms with Crippen molar-refractivity contribution in [1.82, 2.24) is 53.3 Å². The summed E-state index contributed by atoms with van der Waals surface area (Å²) >= 11 is 0. The Balaban J connectivity index is 1.40. The minimum atomic E-state index is -1.44. The summed E-state index contributed by atoms with van der Waals surface area (Å²) in [5, 5.41) is 116. The largest absolute Gasteiger partial charge is 0.450 e. The van der Waals surface area contributed by atoms with Gasteiger partial charge in [-0.05, 0) is 103 Å². The average molecular weight is 1560 g/mol. The second-order valence-corrected chi connectivity index (χ2v) is 27.8. The molecule has 16 atom stereocenters. The number of alkyl carbamates (subject to hydrolysis) is 2. The van der Waals surface area contributed by atoms with Crippen molar-refractivity contribution in [3.8, 4) is 0 Å². The molecular formula is C71H130N10O27. The lowest BCUT2D eigenvalue weighted by atomic mass is 9.83. The van der Waals surface area contributed by atoms with Gasteiger partial charge in [0.15, 0.2) is 18.9 Å². The summed E-state index contributed by atoms with van der Waals surface area (Å²) in [5.41, 5.74) is 2.24. The van der Waals surface area contributed by atoms with E-state index >= 15 is 0 Å².